The molecule has 0 saturated carbocycles. The number of imide groups is 1. The Labute approximate surface area is 153 Å². The summed E-state index contributed by atoms with van der Waals surface area (Å²) >= 11 is 0. The molecule has 0 spiro atoms. The maximum Gasteiger partial charge on any atom is 0.278 e. The maximum atomic E-state index is 12.9. The summed E-state index contributed by atoms with van der Waals surface area (Å²) < 4.78 is 5.44. The summed E-state index contributed by atoms with van der Waals surface area (Å²) in [4.78, 5) is 27.1. The number of benzene rings is 2. The summed E-state index contributed by atoms with van der Waals surface area (Å²) in [5.74, 6) is 0.176. The third-order valence-corrected chi connectivity index (χ3v) is 4.13. The van der Waals surface area contributed by atoms with Crippen molar-refractivity contribution in [2.45, 2.75) is 26.8 Å². The van der Waals surface area contributed by atoms with Gasteiger partial charge in [-0.05, 0) is 50.6 Å². The first-order valence-electron chi connectivity index (χ1n) is 8.70. The van der Waals surface area contributed by atoms with Gasteiger partial charge in [-0.1, -0.05) is 30.3 Å². The van der Waals surface area contributed by atoms with Gasteiger partial charge in [0.1, 0.15) is 11.4 Å². The van der Waals surface area contributed by atoms with Gasteiger partial charge in [0.25, 0.3) is 11.8 Å². The largest absolute Gasteiger partial charge is 0.494 e. The van der Waals surface area contributed by atoms with Gasteiger partial charge < -0.3 is 10.1 Å². The van der Waals surface area contributed by atoms with Crippen LogP contribution < -0.4 is 10.1 Å². The topological polar surface area (TPSA) is 58.6 Å². The number of nitrogens with one attached hydrogen (secondary N) is 1. The minimum atomic E-state index is -0.308. The monoisotopic (exact) mass is 350 g/mol. The van der Waals surface area contributed by atoms with Crippen LogP contribution in [0, 0.1) is 0 Å². The van der Waals surface area contributed by atoms with Crippen LogP contribution in [-0.2, 0) is 9.59 Å². The number of anilines is 1. The van der Waals surface area contributed by atoms with Crippen molar-refractivity contribution in [2.75, 3.05) is 11.9 Å². The smallest absolute Gasteiger partial charge is 0.278 e. The number of hydrogen-bond donors (Lipinski definition) is 1. The molecule has 0 unspecified atom stereocenters. The minimum absolute atomic E-state index is 0.214. The highest BCUT2D eigenvalue weighted by Crippen LogP contribution is 2.31. The highest BCUT2D eigenvalue weighted by atomic mass is 16.5. The Kier molecular flexibility index (Phi) is 5.07. The molecular formula is C21H22N2O3. The van der Waals surface area contributed by atoms with E-state index in [1.807, 2.05) is 75.4 Å². The van der Waals surface area contributed by atoms with E-state index in [2.05, 4.69) is 5.32 Å². The lowest BCUT2D eigenvalue weighted by molar-refractivity contribution is -0.138. The SMILES string of the molecule is CCOc1ccc(NC2=C(c3ccccc3)C(=O)N(C(C)C)C2=O)cc1. The van der Waals surface area contributed by atoms with Crippen LogP contribution in [0.4, 0.5) is 5.69 Å². The molecule has 1 N–H and O–H groups in total. The normalized spacial score (nSPS) is 14.4. The summed E-state index contributed by atoms with van der Waals surface area (Å²) in [5, 5.41) is 3.14. The Hall–Kier alpha value is -3.08. The van der Waals surface area contributed by atoms with Crippen molar-refractivity contribution in [3.63, 3.8) is 0 Å². The number of ether oxygens (including phenoxy) is 1. The van der Waals surface area contributed by atoms with Gasteiger partial charge in [-0.3, -0.25) is 14.5 Å². The fourth-order valence-electron chi connectivity index (χ4n) is 2.95. The van der Waals surface area contributed by atoms with Crippen LogP contribution in [0.5, 0.6) is 5.75 Å². The molecule has 0 saturated heterocycles. The van der Waals surface area contributed by atoms with Crippen LogP contribution in [0.1, 0.15) is 26.3 Å². The standard InChI is InChI=1S/C21H22N2O3/c1-4-26-17-12-10-16(11-13-17)22-19-18(15-8-6-5-7-9-15)20(24)23(14(2)3)21(19)25/h5-14,22H,4H2,1-3H3. The second kappa shape index (κ2) is 7.44. The van der Waals surface area contributed by atoms with Gasteiger partial charge in [-0.15, -0.1) is 0 Å². The molecule has 5 heteroatoms. The number of carbonyl (C=O) groups is 2. The maximum absolute atomic E-state index is 12.9. The zero-order valence-electron chi connectivity index (χ0n) is 15.2. The summed E-state index contributed by atoms with van der Waals surface area (Å²) in [6.07, 6.45) is 0. The van der Waals surface area contributed by atoms with Gasteiger partial charge in [0.05, 0.1) is 12.2 Å². The number of rotatable bonds is 6. The van der Waals surface area contributed by atoms with Crippen molar-refractivity contribution >= 4 is 23.1 Å². The molecule has 1 heterocycles. The highest BCUT2D eigenvalue weighted by Gasteiger charge is 2.40. The Morgan fingerprint density at radius 3 is 2.19 bits per heavy atom. The fourth-order valence-corrected chi connectivity index (χ4v) is 2.95. The molecule has 2 aromatic carbocycles. The zero-order chi connectivity index (χ0) is 18.7. The van der Waals surface area contributed by atoms with Crippen LogP contribution in [-0.4, -0.2) is 29.4 Å². The third-order valence-electron chi connectivity index (χ3n) is 4.13. The quantitative estimate of drug-likeness (QED) is 0.808. The lowest BCUT2D eigenvalue weighted by atomic mass is 10.0. The Morgan fingerprint density at radius 1 is 0.962 bits per heavy atom. The highest BCUT2D eigenvalue weighted by molar-refractivity contribution is 6.36. The first kappa shape index (κ1) is 17.7. The number of nitrogens with zero attached hydrogens (tertiary/aromatic N) is 1. The molecule has 0 aromatic heterocycles. The zero-order valence-corrected chi connectivity index (χ0v) is 15.2. The molecule has 0 radical (unpaired) electrons. The van der Waals surface area contributed by atoms with Gasteiger partial charge >= 0.3 is 0 Å². The predicted octanol–water partition coefficient (Wildman–Crippen LogP) is 3.69. The molecule has 134 valence electrons. The average molecular weight is 350 g/mol. The van der Waals surface area contributed by atoms with E-state index >= 15 is 0 Å². The number of hydrogen-bond acceptors (Lipinski definition) is 4. The van der Waals surface area contributed by atoms with Crippen molar-refractivity contribution < 1.29 is 14.3 Å². The van der Waals surface area contributed by atoms with E-state index in [-0.39, 0.29) is 17.9 Å². The van der Waals surface area contributed by atoms with Gasteiger partial charge in [0.2, 0.25) is 0 Å². The van der Waals surface area contributed by atoms with Gasteiger partial charge in [0, 0.05) is 11.7 Å². The van der Waals surface area contributed by atoms with Crippen molar-refractivity contribution in [1.82, 2.24) is 4.90 Å². The van der Waals surface area contributed by atoms with E-state index in [1.165, 1.54) is 4.90 Å². The van der Waals surface area contributed by atoms with Crippen molar-refractivity contribution in [2.24, 2.45) is 0 Å². The molecule has 5 nitrogen and oxygen atoms in total. The molecule has 0 bridgehead atoms. The molecule has 2 amide bonds. The van der Waals surface area contributed by atoms with Crippen LogP contribution in [0.15, 0.2) is 60.3 Å². The molecule has 0 atom stereocenters. The first-order valence-corrected chi connectivity index (χ1v) is 8.70. The predicted molar refractivity (Wildman–Crippen MR) is 102 cm³/mol. The number of carbonyl (C=O) groups excluding carboxylic acids is 2. The molecule has 2 aromatic rings. The van der Waals surface area contributed by atoms with E-state index in [0.717, 1.165) is 17.0 Å². The van der Waals surface area contributed by atoms with E-state index in [1.54, 1.807) is 0 Å². The van der Waals surface area contributed by atoms with Crippen molar-refractivity contribution in [3.8, 4) is 5.75 Å². The molecular weight excluding hydrogens is 328 g/mol. The average Bonchev–Trinajstić information content (AvgIpc) is 2.88. The lowest BCUT2D eigenvalue weighted by Crippen LogP contribution is -2.38. The van der Waals surface area contributed by atoms with E-state index in [0.29, 0.717) is 17.9 Å². The Bertz CT molecular complexity index is 839. The molecule has 0 fully saturated rings. The van der Waals surface area contributed by atoms with Crippen molar-refractivity contribution in [1.29, 1.82) is 0 Å². The van der Waals surface area contributed by atoms with Crippen LogP contribution in [0.2, 0.25) is 0 Å². The number of amides is 2. The first-order chi connectivity index (χ1) is 12.5. The fraction of sp³-hybridized carbons (Fsp3) is 0.238. The van der Waals surface area contributed by atoms with E-state index < -0.39 is 0 Å². The third kappa shape index (κ3) is 3.33. The van der Waals surface area contributed by atoms with E-state index in [4.69, 9.17) is 4.74 Å². The lowest BCUT2D eigenvalue weighted by Gasteiger charge is -2.19. The summed E-state index contributed by atoms with van der Waals surface area (Å²) in [6.45, 7) is 6.18. The summed E-state index contributed by atoms with van der Waals surface area (Å²) in [7, 11) is 0. The van der Waals surface area contributed by atoms with Gasteiger partial charge in [0.15, 0.2) is 0 Å². The molecule has 1 aliphatic heterocycles. The van der Waals surface area contributed by atoms with Gasteiger partial charge in [-0.2, -0.15) is 0 Å². The molecule has 3 rings (SSSR count). The molecule has 26 heavy (non-hydrogen) atoms. The van der Waals surface area contributed by atoms with Crippen LogP contribution in [0.25, 0.3) is 5.57 Å². The summed E-state index contributed by atoms with van der Waals surface area (Å²) in [5.41, 5.74) is 2.16. The molecule has 0 aliphatic carbocycles. The van der Waals surface area contributed by atoms with Crippen LogP contribution >= 0.6 is 0 Å². The molecule has 1 aliphatic rings. The Balaban J connectivity index is 2.00. The second-order valence-electron chi connectivity index (χ2n) is 6.27. The summed E-state index contributed by atoms with van der Waals surface area (Å²) in [6, 6.07) is 16.4. The van der Waals surface area contributed by atoms with Crippen molar-refractivity contribution in [3.05, 3.63) is 65.9 Å². The minimum Gasteiger partial charge on any atom is -0.494 e. The Morgan fingerprint density at radius 2 is 1.62 bits per heavy atom. The van der Waals surface area contributed by atoms with Gasteiger partial charge in [-0.25, -0.2) is 0 Å². The second-order valence-corrected chi connectivity index (χ2v) is 6.27. The van der Waals surface area contributed by atoms with Crippen LogP contribution in [0.3, 0.4) is 0 Å². The van der Waals surface area contributed by atoms with E-state index in [9.17, 15) is 9.59 Å².